The molecule has 2 aromatic heterocycles. The number of carbonyl (C=O) groups is 1. The smallest absolute Gasteiger partial charge is 0.259 e. The van der Waals surface area contributed by atoms with Crippen LogP contribution in [0.3, 0.4) is 0 Å². The summed E-state index contributed by atoms with van der Waals surface area (Å²) < 4.78 is 0. The molecule has 2 N–H and O–H groups in total. The number of hydrogen-bond acceptors (Lipinski definition) is 5. The van der Waals surface area contributed by atoms with E-state index in [-0.39, 0.29) is 30.7 Å². The van der Waals surface area contributed by atoms with E-state index in [1.54, 1.807) is 12.4 Å². The number of rotatable bonds is 3. The molecule has 0 radical (unpaired) electrons. The highest BCUT2D eigenvalue weighted by molar-refractivity contribution is 7.13. The number of aromatic nitrogens is 2. The van der Waals surface area contributed by atoms with Gasteiger partial charge in [0.25, 0.3) is 5.91 Å². The second kappa shape index (κ2) is 9.05. The molecule has 3 rings (SSSR count). The average Bonchev–Trinajstić information content (AvgIpc) is 3.01. The summed E-state index contributed by atoms with van der Waals surface area (Å²) >= 11 is 1.40. The lowest BCUT2D eigenvalue weighted by molar-refractivity contribution is 0.102. The molecule has 120 valence electrons. The molecule has 2 aromatic rings. The highest BCUT2D eigenvalue weighted by Crippen LogP contribution is 2.21. The predicted octanol–water partition coefficient (Wildman–Crippen LogP) is 3.10. The van der Waals surface area contributed by atoms with Crippen LogP contribution in [0.4, 0.5) is 5.13 Å². The number of pyridine rings is 1. The van der Waals surface area contributed by atoms with Crippen molar-refractivity contribution in [3.05, 3.63) is 41.2 Å². The summed E-state index contributed by atoms with van der Waals surface area (Å²) in [6.45, 7) is 2.06. The van der Waals surface area contributed by atoms with Gasteiger partial charge in [0.05, 0.1) is 5.56 Å². The molecule has 0 bridgehead atoms. The molecule has 1 unspecified atom stereocenters. The minimum absolute atomic E-state index is 0. The van der Waals surface area contributed by atoms with Gasteiger partial charge in [-0.3, -0.25) is 15.1 Å². The van der Waals surface area contributed by atoms with Crippen molar-refractivity contribution in [1.82, 2.24) is 15.3 Å². The molecule has 1 saturated heterocycles. The molecular weight excluding hydrogens is 343 g/mol. The van der Waals surface area contributed by atoms with Gasteiger partial charge < -0.3 is 5.32 Å². The minimum Gasteiger partial charge on any atom is -0.316 e. The Kier molecular flexibility index (Phi) is 7.75. The SMILES string of the molecule is Cl.Cl.O=C(Nc1nccs1)c1ccc(C2CCCNC2)nc1. The number of carbonyl (C=O) groups excluding carboxylic acids is 1. The first-order chi connectivity index (χ1) is 9.83. The van der Waals surface area contributed by atoms with Gasteiger partial charge in [0.1, 0.15) is 0 Å². The first-order valence-corrected chi connectivity index (χ1v) is 7.58. The summed E-state index contributed by atoms with van der Waals surface area (Å²) in [6.07, 6.45) is 5.65. The van der Waals surface area contributed by atoms with Gasteiger partial charge in [-0.05, 0) is 31.5 Å². The van der Waals surface area contributed by atoms with Crippen molar-refractivity contribution in [2.45, 2.75) is 18.8 Å². The molecule has 0 saturated carbocycles. The number of amides is 1. The van der Waals surface area contributed by atoms with Gasteiger partial charge in [-0.25, -0.2) is 4.98 Å². The fourth-order valence-electron chi connectivity index (χ4n) is 2.34. The fraction of sp³-hybridized carbons (Fsp3) is 0.357. The molecule has 8 heteroatoms. The van der Waals surface area contributed by atoms with Crippen LogP contribution < -0.4 is 10.6 Å². The Hall–Kier alpha value is -1.21. The molecule has 1 aliphatic rings. The second-order valence-corrected chi connectivity index (χ2v) is 5.70. The maximum atomic E-state index is 12.0. The zero-order valence-corrected chi connectivity index (χ0v) is 14.3. The highest BCUT2D eigenvalue weighted by Gasteiger charge is 2.17. The van der Waals surface area contributed by atoms with Gasteiger partial charge in [-0.2, -0.15) is 0 Å². The van der Waals surface area contributed by atoms with Crippen molar-refractivity contribution in [3.63, 3.8) is 0 Å². The molecule has 0 aliphatic carbocycles. The van der Waals surface area contributed by atoms with Gasteiger partial charge in [0.15, 0.2) is 5.13 Å². The van der Waals surface area contributed by atoms with Crippen molar-refractivity contribution < 1.29 is 4.79 Å². The zero-order valence-electron chi connectivity index (χ0n) is 11.8. The topological polar surface area (TPSA) is 66.9 Å². The van der Waals surface area contributed by atoms with Crippen LogP contribution in [0.1, 0.15) is 34.8 Å². The van der Waals surface area contributed by atoms with Crippen molar-refractivity contribution >= 4 is 47.2 Å². The summed E-state index contributed by atoms with van der Waals surface area (Å²) in [4.78, 5) is 20.5. The Labute approximate surface area is 145 Å². The molecule has 1 amide bonds. The van der Waals surface area contributed by atoms with Gasteiger partial charge in [0, 0.05) is 35.9 Å². The van der Waals surface area contributed by atoms with E-state index in [1.165, 1.54) is 17.8 Å². The standard InChI is InChI=1S/C14H16N4OS.2ClH/c19-13(18-14-16-6-7-20-14)11-3-4-12(17-9-11)10-2-1-5-15-8-10;;/h3-4,6-7,9-10,15H,1-2,5,8H2,(H,16,18,19);2*1H. The van der Waals surface area contributed by atoms with E-state index in [4.69, 9.17) is 0 Å². The summed E-state index contributed by atoms with van der Waals surface area (Å²) in [5.41, 5.74) is 1.62. The lowest BCUT2D eigenvalue weighted by Gasteiger charge is -2.22. The van der Waals surface area contributed by atoms with Gasteiger partial charge in [-0.1, -0.05) is 0 Å². The molecule has 1 aliphatic heterocycles. The molecule has 1 fully saturated rings. The van der Waals surface area contributed by atoms with E-state index in [1.807, 2.05) is 17.5 Å². The number of anilines is 1. The van der Waals surface area contributed by atoms with E-state index < -0.39 is 0 Å². The van der Waals surface area contributed by atoms with Crippen LogP contribution in [0.15, 0.2) is 29.9 Å². The van der Waals surface area contributed by atoms with E-state index in [0.717, 1.165) is 25.2 Å². The van der Waals surface area contributed by atoms with Crippen molar-refractivity contribution in [2.75, 3.05) is 18.4 Å². The summed E-state index contributed by atoms with van der Waals surface area (Å²) in [7, 11) is 0. The van der Waals surface area contributed by atoms with Crippen LogP contribution in [0.5, 0.6) is 0 Å². The maximum Gasteiger partial charge on any atom is 0.259 e. The molecule has 5 nitrogen and oxygen atoms in total. The van der Waals surface area contributed by atoms with Crippen LogP contribution in [-0.4, -0.2) is 29.0 Å². The largest absolute Gasteiger partial charge is 0.316 e. The number of hydrogen-bond donors (Lipinski definition) is 2. The number of halogens is 2. The monoisotopic (exact) mass is 360 g/mol. The number of nitrogens with zero attached hydrogens (tertiary/aromatic N) is 2. The van der Waals surface area contributed by atoms with Crippen LogP contribution in [0.2, 0.25) is 0 Å². The van der Waals surface area contributed by atoms with Crippen LogP contribution in [0, 0.1) is 0 Å². The average molecular weight is 361 g/mol. The van der Waals surface area contributed by atoms with Gasteiger partial charge in [-0.15, -0.1) is 36.2 Å². The van der Waals surface area contributed by atoms with E-state index in [9.17, 15) is 4.79 Å². The number of thiazole rings is 1. The van der Waals surface area contributed by atoms with Crippen LogP contribution >= 0.6 is 36.2 Å². The summed E-state index contributed by atoms with van der Waals surface area (Å²) in [6, 6.07) is 3.79. The molecule has 0 aromatic carbocycles. The van der Waals surface area contributed by atoms with Crippen molar-refractivity contribution in [3.8, 4) is 0 Å². The van der Waals surface area contributed by atoms with Crippen molar-refractivity contribution in [1.29, 1.82) is 0 Å². The maximum absolute atomic E-state index is 12.0. The first kappa shape index (κ1) is 18.8. The number of nitrogens with one attached hydrogen (secondary N) is 2. The molecule has 3 heterocycles. The lowest BCUT2D eigenvalue weighted by Crippen LogP contribution is -2.28. The Morgan fingerprint density at radius 3 is 2.77 bits per heavy atom. The van der Waals surface area contributed by atoms with Gasteiger partial charge >= 0.3 is 0 Å². The Bertz CT molecular complexity index is 571. The Morgan fingerprint density at radius 1 is 1.32 bits per heavy atom. The molecule has 0 spiro atoms. The minimum atomic E-state index is -0.166. The first-order valence-electron chi connectivity index (χ1n) is 6.70. The Balaban J connectivity index is 0.00000121. The third-order valence-corrected chi connectivity index (χ3v) is 4.11. The lowest BCUT2D eigenvalue weighted by atomic mass is 9.95. The van der Waals surface area contributed by atoms with E-state index in [2.05, 4.69) is 20.6 Å². The van der Waals surface area contributed by atoms with E-state index in [0.29, 0.717) is 16.6 Å². The predicted molar refractivity (Wildman–Crippen MR) is 93.6 cm³/mol. The van der Waals surface area contributed by atoms with Crippen LogP contribution in [-0.2, 0) is 0 Å². The van der Waals surface area contributed by atoms with E-state index >= 15 is 0 Å². The summed E-state index contributed by atoms with van der Waals surface area (Å²) in [5, 5.41) is 8.56. The molecule has 1 atom stereocenters. The fourth-order valence-corrected chi connectivity index (χ4v) is 2.86. The third kappa shape index (κ3) is 4.64. The molecule has 22 heavy (non-hydrogen) atoms. The Morgan fingerprint density at radius 2 is 2.18 bits per heavy atom. The van der Waals surface area contributed by atoms with Crippen molar-refractivity contribution in [2.24, 2.45) is 0 Å². The third-order valence-electron chi connectivity index (χ3n) is 3.42. The van der Waals surface area contributed by atoms with Gasteiger partial charge in [0.2, 0.25) is 0 Å². The highest BCUT2D eigenvalue weighted by atomic mass is 35.5. The quantitative estimate of drug-likeness (QED) is 0.882. The zero-order chi connectivity index (χ0) is 13.8. The molecular formula is C14H18Cl2N4OS. The normalized spacial score (nSPS) is 17.0. The number of piperidine rings is 1. The van der Waals surface area contributed by atoms with Crippen LogP contribution in [0.25, 0.3) is 0 Å². The summed E-state index contributed by atoms with van der Waals surface area (Å²) in [5.74, 6) is 0.292. The second-order valence-electron chi connectivity index (χ2n) is 4.81.